The van der Waals surface area contributed by atoms with Gasteiger partial charge in [0.2, 0.25) is 11.8 Å². The van der Waals surface area contributed by atoms with Crippen molar-refractivity contribution in [3.05, 3.63) is 53.7 Å². The molecule has 2 saturated heterocycles. The average molecular weight is 505 g/mol. The molecule has 3 heterocycles. The molecule has 37 heavy (non-hydrogen) atoms. The lowest BCUT2D eigenvalue weighted by Crippen LogP contribution is -2.41. The van der Waals surface area contributed by atoms with Gasteiger partial charge in [0.05, 0.1) is 17.7 Å². The number of amides is 3. The van der Waals surface area contributed by atoms with Gasteiger partial charge in [-0.05, 0) is 50.6 Å². The summed E-state index contributed by atoms with van der Waals surface area (Å²) in [4.78, 5) is 38.9. The molecule has 9 nitrogen and oxygen atoms in total. The molecule has 9 heteroatoms. The number of ether oxygens (including phenoxy) is 2. The molecule has 0 spiro atoms. The third-order valence-electron chi connectivity index (χ3n) is 6.92. The lowest BCUT2D eigenvalue weighted by Gasteiger charge is -2.32. The van der Waals surface area contributed by atoms with E-state index in [1.54, 1.807) is 4.68 Å². The van der Waals surface area contributed by atoms with Crippen LogP contribution in [0, 0.1) is 0 Å². The van der Waals surface area contributed by atoms with Crippen LogP contribution in [0.15, 0.2) is 42.5 Å². The normalized spacial score (nSPS) is 18.8. The third-order valence-corrected chi connectivity index (χ3v) is 6.92. The van der Waals surface area contributed by atoms with Crippen LogP contribution in [0.1, 0.15) is 61.5 Å². The summed E-state index contributed by atoms with van der Waals surface area (Å²) >= 11 is 0. The number of likely N-dealkylation sites (tertiary alicyclic amines) is 1. The zero-order valence-electron chi connectivity index (χ0n) is 21.4. The van der Waals surface area contributed by atoms with Crippen molar-refractivity contribution in [1.29, 1.82) is 0 Å². The topological polar surface area (TPSA) is 103 Å². The van der Waals surface area contributed by atoms with Gasteiger partial charge >= 0.3 is 0 Å². The summed E-state index contributed by atoms with van der Waals surface area (Å²) in [7, 11) is 1.84. The maximum Gasteiger partial charge on any atom is 0.253 e. The number of hydrogen-bond acceptors (Lipinski definition) is 6. The number of hydrogen-bond donors (Lipinski definition) is 1. The molecule has 2 fully saturated rings. The lowest BCUT2D eigenvalue weighted by molar-refractivity contribution is -0.134. The van der Waals surface area contributed by atoms with Crippen LogP contribution < -0.4 is 14.8 Å². The first-order chi connectivity index (χ1) is 17.8. The van der Waals surface area contributed by atoms with Crippen molar-refractivity contribution in [1.82, 2.24) is 20.0 Å². The van der Waals surface area contributed by atoms with Crippen molar-refractivity contribution in [2.75, 3.05) is 13.1 Å². The molecule has 0 saturated carbocycles. The Morgan fingerprint density at radius 3 is 2.46 bits per heavy atom. The molecule has 1 N–H and O–H groups in total. The van der Waals surface area contributed by atoms with E-state index in [2.05, 4.69) is 10.4 Å². The zero-order valence-corrected chi connectivity index (χ0v) is 21.4. The summed E-state index contributed by atoms with van der Waals surface area (Å²) < 4.78 is 13.8. The van der Waals surface area contributed by atoms with Crippen LogP contribution in [-0.2, 0) is 16.6 Å². The molecule has 0 bridgehead atoms. The quantitative estimate of drug-likeness (QED) is 0.515. The van der Waals surface area contributed by atoms with Gasteiger partial charge in [0.25, 0.3) is 5.91 Å². The van der Waals surface area contributed by atoms with Crippen molar-refractivity contribution >= 4 is 28.6 Å². The van der Waals surface area contributed by atoms with E-state index in [0.29, 0.717) is 55.8 Å². The Bertz CT molecular complexity index is 1320. The number of benzene rings is 2. The van der Waals surface area contributed by atoms with Crippen molar-refractivity contribution in [3.63, 3.8) is 0 Å². The number of aromatic nitrogens is 2. The van der Waals surface area contributed by atoms with Gasteiger partial charge in [-0.25, -0.2) is 0 Å². The average Bonchev–Trinajstić information content (AvgIpc) is 3.21. The second-order valence-corrected chi connectivity index (χ2v) is 9.97. The van der Waals surface area contributed by atoms with Gasteiger partial charge in [0, 0.05) is 50.3 Å². The molecule has 0 aliphatic carbocycles. The fraction of sp³-hybridized carbons (Fsp3) is 0.429. The standard InChI is InChI=1S/C28H32N4O5/c1-17(2)36-19-9-7-18(8-10-19)28(35)32-15-13-20(14-16-32)37-23-6-4-5-21-25(30-31(3)26(21)23)22-11-12-24(33)29-27(22)34/h4-10,17,20,22H,11-16H2,1-3H3,(H,29,33,34). The van der Waals surface area contributed by atoms with Crippen LogP contribution >= 0.6 is 0 Å². The number of para-hydroxylation sites is 1. The SMILES string of the molecule is CC(C)Oc1ccc(C(=O)N2CCC(Oc3cccc4c(C5CCC(=O)NC5=O)nn(C)c34)CC2)cc1. The van der Waals surface area contributed by atoms with Crippen LogP contribution in [0.4, 0.5) is 0 Å². The van der Waals surface area contributed by atoms with Gasteiger partial charge in [-0.1, -0.05) is 12.1 Å². The highest BCUT2D eigenvalue weighted by Gasteiger charge is 2.32. The van der Waals surface area contributed by atoms with Gasteiger partial charge in [0.1, 0.15) is 23.1 Å². The predicted octanol–water partition coefficient (Wildman–Crippen LogP) is 3.56. The molecule has 1 aromatic heterocycles. The van der Waals surface area contributed by atoms with Crippen LogP contribution in [0.2, 0.25) is 0 Å². The summed E-state index contributed by atoms with van der Waals surface area (Å²) in [5, 5.41) is 7.91. The number of aryl methyl sites for hydroxylation is 1. The van der Waals surface area contributed by atoms with Gasteiger partial charge < -0.3 is 14.4 Å². The molecule has 0 radical (unpaired) electrons. The van der Waals surface area contributed by atoms with Gasteiger partial charge in [-0.15, -0.1) is 0 Å². The molecule has 1 atom stereocenters. The van der Waals surface area contributed by atoms with Crippen molar-refractivity contribution < 1.29 is 23.9 Å². The van der Waals surface area contributed by atoms with Gasteiger partial charge in [-0.3, -0.25) is 24.4 Å². The fourth-order valence-corrected chi connectivity index (χ4v) is 5.12. The van der Waals surface area contributed by atoms with Crippen LogP contribution in [0.3, 0.4) is 0 Å². The summed E-state index contributed by atoms with van der Waals surface area (Å²) in [6.45, 7) is 5.15. The minimum absolute atomic E-state index is 0.0113. The number of piperidine rings is 2. The smallest absolute Gasteiger partial charge is 0.253 e. The largest absolute Gasteiger partial charge is 0.491 e. The lowest BCUT2D eigenvalue weighted by atomic mass is 9.93. The molecular formula is C28H32N4O5. The number of nitrogens with one attached hydrogen (secondary N) is 1. The minimum Gasteiger partial charge on any atom is -0.491 e. The second-order valence-electron chi connectivity index (χ2n) is 9.97. The van der Waals surface area contributed by atoms with E-state index in [9.17, 15) is 14.4 Å². The summed E-state index contributed by atoms with van der Waals surface area (Å²) in [5.74, 6) is 0.462. The van der Waals surface area contributed by atoms with Crippen LogP contribution in [0.25, 0.3) is 10.9 Å². The first-order valence-electron chi connectivity index (χ1n) is 12.8. The van der Waals surface area contributed by atoms with E-state index in [-0.39, 0.29) is 29.9 Å². The molecular weight excluding hydrogens is 472 g/mol. The van der Waals surface area contributed by atoms with E-state index >= 15 is 0 Å². The fourth-order valence-electron chi connectivity index (χ4n) is 5.12. The van der Waals surface area contributed by atoms with Crippen molar-refractivity contribution in [3.8, 4) is 11.5 Å². The Morgan fingerprint density at radius 1 is 1.05 bits per heavy atom. The number of imide groups is 1. The Morgan fingerprint density at radius 2 is 1.78 bits per heavy atom. The van der Waals surface area contributed by atoms with E-state index in [0.717, 1.165) is 16.7 Å². The first kappa shape index (κ1) is 24.8. The molecule has 1 unspecified atom stereocenters. The Balaban J connectivity index is 1.25. The number of rotatable bonds is 6. The maximum atomic E-state index is 13.0. The first-order valence-corrected chi connectivity index (χ1v) is 12.8. The Labute approximate surface area is 215 Å². The Hall–Kier alpha value is -3.88. The van der Waals surface area contributed by atoms with E-state index in [4.69, 9.17) is 9.47 Å². The van der Waals surface area contributed by atoms with E-state index in [1.165, 1.54) is 0 Å². The Kier molecular flexibility index (Phi) is 6.86. The maximum absolute atomic E-state index is 13.0. The number of fused-ring (bicyclic) bond motifs is 1. The molecule has 2 aliphatic rings. The molecule has 2 aromatic carbocycles. The van der Waals surface area contributed by atoms with Crippen molar-refractivity contribution in [2.24, 2.45) is 7.05 Å². The van der Waals surface area contributed by atoms with Gasteiger partial charge in [0.15, 0.2) is 0 Å². The highest BCUT2D eigenvalue weighted by molar-refractivity contribution is 6.03. The van der Waals surface area contributed by atoms with Crippen LogP contribution in [0.5, 0.6) is 11.5 Å². The van der Waals surface area contributed by atoms with E-state index < -0.39 is 5.92 Å². The molecule has 5 rings (SSSR count). The zero-order chi connectivity index (χ0) is 26.1. The third kappa shape index (κ3) is 5.16. The second kappa shape index (κ2) is 10.2. The van der Waals surface area contributed by atoms with Crippen molar-refractivity contribution in [2.45, 2.75) is 57.7 Å². The minimum atomic E-state index is -0.461. The summed E-state index contributed by atoms with van der Waals surface area (Å²) in [6.07, 6.45) is 2.23. The number of nitrogens with zero attached hydrogens (tertiary/aromatic N) is 3. The van der Waals surface area contributed by atoms with E-state index in [1.807, 2.05) is 68.3 Å². The van der Waals surface area contributed by atoms with Gasteiger partial charge in [-0.2, -0.15) is 5.10 Å². The number of carbonyl (C=O) groups is 3. The predicted molar refractivity (Wildman–Crippen MR) is 138 cm³/mol. The summed E-state index contributed by atoms with van der Waals surface area (Å²) in [6, 6.07) is 13.0. The molecule has 3 amide bonds. The highest BCUT2D eigenvalue weighted by atomic mass is 16.5. The van der Waals surface area contributed by atoms with Crippen LogP contribution in [-0.4, -0.2) is 57.7 Å². The highest BCUT2D eigenvalue weighted by Crippen LogP contribution is 2.35. The number of carbonyl (C=O) groups excluding carboxylic acids is 3. The molecule has 3 aromatic rings. The molecule has 194 valence electrons. The molecule has 2 aliphatic heterocycles. The summed E-state index contributed by atoms with van der Waals surface area (Å²) in [5.41, 5.74) is 2.14. The monoisotopic (exact) mass is 504 g/mol.